The standard InChI is InChI=1S/C15H30N2O/c1-2-3-10-17(13-14-6-4-9-16-14)15-7-5-11-18-12-8-15/h14-16H,2-13H2,1H3. The van der Waals surface area contributed by atoms with E-state index < -0.39 is 0 Å². The Morgan fingerprint density at radius 2 is 2.11 bits per heavy atom. The summed E-state index contributed by atoms with van der Waals surface area (Å²) in [4.78, 5) is 2.75. The SMILES string of the molecule is CCCCN(CC1CCCN1)C1CCCOCC1. The van der Waals surface area contributed by atoms with Crippen LogP contribution >= 0.6 is 0 Å². The van der Waals surface area contributed by atoms with Crippen LogP contribution in [0.15, 0.2) is 0 Å². The van der Waals surface area contributed by atoms with E-state index in [1.54, 1.807) is 0 Å². The molecule has 2 unspecified atom stereocenters. The lowest BCUT2D eigenvalue weighted by molar-refractivity contribution is 0.124. The second kappa shape index (κ2) is 8.13. The molecule has 0 aromatic heterocycles. The van der Waals surface area contributed by atoms with E-state index in [1.807, 2.05) is 0 Å². The lowest BCUT2D eigenvalue weighted by Gasteiger charge is -2.33. The molecule has 0 aliphatic carbocycles. The van der Waals surface area contributed by atoms with Crippen LogP contribution < -0.4 is 5.32 Å². The predicted molar refractivity (Wildman–Crippen MR) is 76.0 cm³/mol. The number of rotatable bonds is 6. The van der Waals surface area contributed by atoms with Crippen molar-refractivity contribution in [1.82, 2.24) is 10.2 Å². The second-order valence-electron chi connectivity index (χ2n) is 5.84. The summed E-state index contributed by atoms with van der Waals surface area (Å²) >= 11 is 0. The van der Waals surface area contributed by atoms with Crippen molar-refractivity contribution < 1.29 is 4.74 Å². The van der Waals surface area contributed by atoms with Gasteiger partial charge < -0.3 is 10.1 Å². The molecule has 3 heteroatoms. The zero-order valence-corrected chi connectivity index (χ0v) is 12.0. The maximum Gasteiger partial charge on any atom is 0.0480 e. The van der Waals surface area contributed by atoms with Crippen molar-refractivity contribution in [2.75, 3.05) is 32.8 Å². The molecule has 2 saturated heterocycles. The summed E-state index contributed by atoms with van der Waals surface area (Å²) < 4.78 is 5.61. The third-order valence-electron chi connectivity index (χ3n) is 4.35. The van der Waals surface area contributed by atoms with E-state index in [9.17, 15) is 0 Å². The van der Waals surface area contributed by atoms with Crippen LogP contribution in [0.5, 0.6) is 0 Å². The van der Waals surface area contributed by atoms with Crippen molar-refractivity contribution in [1.29, 1.82) is 0 Å². The van der Waals surface area contributed by atoms with Crippen molar-refractivity contribution in [2.45, 2.75) is 64.0 Å². The van der Waals surface area contributed by atoms with Crippen LogP contribution in [-0.2, 0) is 4.74 Å². The van der Waals surface area contributed by atoms with Gasteiger partial charge in [0, 0.05) is 31.8 Å². The van der Waals surface area contributed by atoms with Crippen LogP contribution in [0.2, 0.25) is 0 Å². The minimum atomic E-state index is 0.742. The Bertz CT molecular complexity index is 209. The van der Waals surface area contributed by atoms with E-state index in [4.69, 9.17) is 4.74 Å². The summed E-state index contributed by atoms with van der Waals surface area (Å²) in [6.07, 6.45) is 9.17. The van der Waals surface area contributed by atoms with Gasteiger partial charge in [-0.2, -0.15) is 0 Å². The molecule has 2 fully saturated rings. The summed E-state index contributed by atoms with van der Waals surface area (Å²) in [5.41, 5.74) is 0. The predicted octanol–water partition coefficient (Wildman–Crippen LogP) is 2.41. The third kappa shape index (κ3) is 4.52. The molecule has 0 aromatic rings. The molecule has 2 heterocycles. The summed E-state index contributed by atoms with van der Waals surface area (Å²) in [5.74, 6) is 0. The van der Waals surface area contributed by atoms with Gasteiger partial charge in [-0.15, -0.1) is 0 Å². The fourth-order valence-electron chi connectivity index (χ4n) is 3.23. The van der Waals surface area contributed by atoms with Gasteiger partial charge >= 0.3 is 0 Å². The molecule has 2 atom stereocenters. The van der Waals surface area contributed by atoms with Crippen molar-refractivity contribution in [2.24, 2.45) is 0 Å². The molecule has 106 valence electrons. The van der Waals surface area contributed by atoms with Gasteiger partial charge in [0.05, 0.1) is 0 Å². The number of nitrogens with one attached hydrogen (secondary N) is 1. The highest BCUT2D eigenvalue weighted by Crippen LogP contribution is 2.18. The van der Waals surface area contributed by atoms with Gasteiger partial charge in [0.25, 0.3) is 0 Å². The Hall–Kier alpha value is -0.120. The lowest BCUT2D eigenvalue weighted by atomic mass is 10.1. The maximum atomic E-state index is 5.61. The van der Waals surface area contributed by atoms with Crippen molar-refractivity contribution in [3.8, 4) is 0 Å². The molecule has 0 spiro atoms. The Kier molecular flexibility index (Phi) is 6.46. The number of hydrogen-bond acceptors (Lipinski definition) is 3. The number of unbranched alkanes of at least 4 members (excludes halogenated alkanes) is 1. The first-order chi connectivity index (χ1) is 8.90. The van der Waals surface area contributed by atoms with Gasteiger partial charge in [-0.05, 0) is 51.6 Å². The van der Waals surface area contributed by atoms with Gasteiger partial charge in [0.2, 0.25) is 0 Å². The van der Waals surface area contributed by atoms with Gasteiger partial charge in [0.15, 0.2) is 0 Å². The van der Waals surface area contributed by atoms with Crippen LogP contribution in [0, 0.1) is 0 Å². The molecule has 0 aromatic carbocycles. The number of ether oxygens (including phenoxy) is 1. The zero-order valence-electron chi connectivity index (χ0n) is 12.0. The fraction of sp³-hybridized carbons (Fsp3) is 1.00. The lowest BCUT2D eigenvalue weighted by Crippen LogP contribution is -2.44. The van der Waals surface area contributed by atoms with Crippen molar-refractivity contribution in [3.05, 3.63) is 0 Å². The van der Waals surface area contributed by atoms with E-state index in [2.05, 4.69) is 17.1 Å². The van der Waals surface area contributed by atoms with Crippen LogP contribution in [0.1, 0.15) is 51.9 Å². The highest BCUT2D eigenvalue weighted by molar-refractivity contribution is 4.82. The number of hydrogen-bond donors (Lipinski definition) is 1. The van der Waals surface area contributed by atoms with Crippen LogP contribution in [0.3, 0.4) is 0 Å². The van der Waals surface area contributed by atoms with Crippen LogP contribution in [0.25, 0.3) is 0 Å². The molecule has 0 bridgehead atoms. The first-order valence-corrected chi connectivity index (χ1v) is 7.95. The minimum Gasteiger partial charge on any atom is -0.381 e. The minimum absolute atomic E-state index is 0.742. The van der Waals surface area contributed by atoms with E-state index in [0.29, 0.717) is 0 Å². The van der Waals surface area contributed by atoms with Gasteiger partial charge in [-0.25, -0.2) is 0 Å². The third-order valence-corrected chi connectivity index (χ3v) is 4.35. The Balaban J connectivity index is 1.84. The monoisotopic (exact) mass is 254 g/mol. The van der Waals surface area contributed by atoms with Crippen molar-refractivity contribution in [3.63, 3.8) is 0 Å². The van der Waals surface area contributed by atoms with Gasteiger partial charge in [-0.3, -0.25) is 4.90 Å². The average Bonchev–Trinajstić information content (AvgIpc) is 2.74. The first kappa shape index (κ1) is 14.3. The quantitative estimate of drug-likeness (QED) is 0.788. The Morgan fingerprint density at radius 3 is 2.89 bits per heavy atom. The molecule has 18 heavy (non-hydrogen) atoms. The van der Waals surface area contributed by atoms with Crippen LogP contribution in [-0.4, -0.2) is 49.8 Å². The molecule has 2 aliphatic heterocycles. The summed E-state index contributed by atoms with van der Waals surface area (Å²) in [5, 5.41) is 3.65. The normalized spacial score (nSPS) is 29.7. The van der Waals surface area contributed by atoms with E-state index >= 15 is 0 Å². The molecule has 1 N–H and O–H groups in total. The van der Waals surface area contributed by atoms with E-state index in [1.165, 1.54) is 64.6 Å². The second-order valence-corrected chi connectivity index (χ2v) is 5.84. The molecule has 0 amide bonds. The van der Waals surface area contributed by atoms with E-state index in [-0.39, 0.29) is 0 Å². The van der Waals surface area contributed by atoms with Crippen molar-refractivity contribution >= 4 is 0 Å². The Morgan fingerprint density at radius 1 is 1.17 bits per heavy atom. The van der Waals surface area contributed by atoms with Gasteiger partial charge in [0.1, 0.15) is 0 Å². The van der Waals surface area contributed by atoms with Crippen LogP contribution in [0.4, 0.5) is 0 Å². The molecular weight excluding hydrogens is 224 g/mol. The maximum absolute atomic E-state index is 5.61. The number of nitrogens with zero attached hydrogens (tertiary/aromatic N) is 1. The first-order valence-electron chi connectivity index (χ1n) is 7.95. The Labute approximate surface area is 112 Å². The fourth-order valence-corrected chi connectivity index (χ4v) is 3.23. The molecule has 0 saturated carbocycles. The highest BCUT2D eigenvalue weighted by Gasteiger charge is 2.24. The van der Waals surface area contributed by atoms with Gasteiger partial charge in [-0.1, -0.05) is 13.3 Å². The topological polar surface area (TPSA) is 24.5 Å². The van der Waals surface area contributed by atoms with E-state index in [0.717, 1.165) is 25.3 Å². The largest absolute Gasteiger partial charge is 0.381 e. The zero-order chi connectivity index (χ0) is 12.6. The smallest absolute Gasteiger partial charge is 0.0480 e. The molecule has 3 nitrogen and oxygen atoms in total. The average molecular weight is 254 g/mol. The molecule has 2 aliphatic rings. The summed E-state index contributed by atoms with van der Waals surface area (Å²) in [6.45, 7) is 7.98. The highest BCUT2D eigenvalue weighted by atomic mass is 16.5. The molecular formula is C15H30N2O. The summed E-state index contributed by atoms with van der Waals surface area (Å²) in [6, 6.07) is 1.51. The summed E-state index contributed by atoms with van der Waals surface area (Å²) in [7, 11) is 0. The molecule has 0 radical (unpaired) electrons. The molecule has 2 rings (SSSR count).